The normalized spacial score (nSPS) is 18.7. The van der Waals surface area contributed by atoms with Crippen LogP contribution >= 0.6 is 0 Å². The van der Waals surface area contributed by atoms with E-state index in [1.807, 2.05) is 19.9 Å². The van der Waals surface area contributed by atoms with Crippen LogP contribution in [0.1, 0.15) is 29.5 Å². The quantitative estimate of drug-likeness (QED) is 0.580. The number of nitrogens with zero attached hydrogens (tertiary/aromatic N) is 1. The number of hydrogen-bond acceptors (Lipinski definition) is 4. The number of rotatable bonds is 2. The molecule has 0 atom stereocenters. The van der Waals surface area contributed by atoms with Crippen LogP contribution in [0.4, 0.5) is 0 Å². The molecule has 3 rings (SSSR count). The summed E-state index contributed by atoms with van der Waals surface area (Å²) in [7, 11) is 0. The minimum atomic E-state index is -0.407. The van der Waals surface area contributed by atoms with Gasteiger partial charge in [-0.25, -0.2) is 4.79 Å². The van der Waals surface area contributed by atoms with Crippen molar-refractivity contribution in [1.29, 1.82) is 0 Å². The number of aryl methyl sites for hydroxylation is 1. The van der Waals surface area contributed by atoms with Crippen molar-refractivity contribution in [3.63, 3.8) is 0 Å². The van der Waals surface area contributed by atoms with Gasteiger partial charge in [0, 0.05) is 5.56 Å². The van der Waals surface area contributed by atoms with Gasteiger partial charge in [-0.2, -0.15) is 4.99 Å². The summed E-state index contributed by atoms with van der Waals surface area (Å²) in [5.74, 6) is 1.51. The van der Waals surface area contributed by atoms with Crippen molar-refractivity contribution in [1.82, 2.24) is 0 Å². The zero-order chi connectivity index (χ0) is 12.0. The van der Waals surface area contributed by atoms with E-state index in [1.54, 1.807) is 6.08 Å². The topological polar surface area (TPSA) is 47.9 Å². The van der Waals surface area contributed by atoms with Crippen molar-refractivity contribution in [3.8, 4) is 11.5 Å². The van der Waals surface area contributed by atoms with Crippen LogP contribution < -0.4 is 9.47 Å². The molecule has 0 radical (unpaired) electrons. The number of carbonyl (C=O) groups excluding carboxylic acids is 1. The number of isocyanates is 1. The second-order valence-electron chi connectivity index (χ2n) is 4.66. The second kappa shape index (κ2) is 3.34. The molecule has 4 heteroatoms. The van der Waals surface area contributed by atoms with Gasteiger partial charge in [-0.05, 0) is 43.9 Å². The Balaban J connectivity index is 2.25. The van der Waals surface area contributed by atoms with E-state index >= 15 is 0 Å². The molecule has 0 saturated heterocycles. The Bertz CT molecular complexity index is 540. The number of aliphatic imine (C=N–C) groups is 1. The Labute approximate surface area is 99.3 Å². The van der Waals surface area contributed by atoms with Gasteiger partial charge in [0.1, 0.15) is 5.54 Å². The van der Waals surface area contributed by atoms with Crippen LogP contribution in [0.5, 0.6) is 11.5 Å². The monoisotopic (exact) mass is 231 g/mol. The van der Waals surface area contributed by atoms with Crippen molar-refractivity contribution in [2.45, 2.75) is 32.2 Å². The highest BCUT2D eigenvalue weighted by Gasteiger charge is 2.49. The van der Waals surface area contributed by atoms with E-state index in [-0.39, 0.29) is 6.79 Å². The van der Waals surface area contributed by atoms with E-state index in [4.69, 9.17) is 9.47 Å². The van der Waals surface area contributed by atoms with E-state index in [1.165, 1.54) is 0 Å². The first-order chi connectivity index (χ1) is 8.18. The lowest BCUT2D eigenvalue weighted by Crippen LogP contribution is -2.08. The maximum atomic E-state index is 10.6. The zero-order valence-corrected chi connectivity index (χ0v) is 9.87. The van der Waals surface area contributed by atoms with Crippen molar-refractivity contribution in [3.05, 3.63) is 22.8 Å². The van der Waals surface area contributed by atoms with Gasteiger partial charge in [0.05, 0.1) is 0 Å². The van der Waals surface area contributed by atoms with Gasteiger partial charge in [-0.15, -0.1) is 0 Å². The molecule has 88 valence electrons. The van der Waals surface area contributed by atoms with Crippen LogP contribution in [-0.4, -0.2) is 12.9 Å². The molecule has 0 amide bonds. The summed E-state index contributed by atoms with van der Waals surface area (Å²) in [6.07, 6.45) is 3.44. The maximum absolute atomic E-state index is 10.6. The third kappa shape index (κ3) is 1.38. The van der Waals surface area contributed by atoms with Crippen LogP contribution in [0.2, 0.25) is 0 Å². The Morgan fingerprint density at radius 1 is 1.35 bits per heavy atom. The van der Waals surface area contributed by atoms with Gasteiger partial charge in [0.25, 0.3) is 0 Å². The van der Waals surface area contributed by atoms with Crippen molar-refractivity contribution in [2.24, 2.45) is 4.99 Å². The minimum absolute atomic E-state index is 0.242. The van der Waals surface area contributed by atoms with Crippen LogP contribution in [0, 0.1) is 13.8 Å². The number of benzene rings is 1. The molecule has 1 saturated carbocycles. The summed E-state index contributed by atoms with van der Waals surface area (Å²) in [6.45, 7) is 4.31. The third-order valence-corrected chi connectivity index (χ3v) is 3.63. The lowest BCUT2D eigenvalue weighted by molar-refractivity contribution is 0.173. The smallest absolute Gasteiger partial charge is 0.235 e. The van der Waals surface area contributed by atoms with E-state index in [2.05, 4.69) is 4.99 Å². The van der Waals surface area contributed by atoms with Crippen LogP contribution in [0.25, 0.3) is 0 Å². The fourth-order valence-corrected chi connectivity index (χ4v) is 2.45. The summed E-state index contributed by atoms with van der Waals surface area (Å²) in [5, 5.41) is 0. The average Bonchev–Trinajstić information content (AvgIpc) is 2.91. The molecule has 1 fully saturated rings. The summed E-state index contributed by atoms with van der Waals surface area (Å²) in [6, 6.07) is 1.97. The standard InChI is InChI=1S/C13H13NO3/c1-8-5-10-12(17-7-16-10)11(9(8)2)13(3-4-13)14-6-15/h5H,3-4,7H2,1-2H3. The fourth-order valence-electron chi connectivity index (χ4n) is 2.45. The molecule has 4 nitrogen and oxygen atoms in total. The van der Waals surface area contributed by atoms with Crippen molar-refractivity contribution < 1.29 is 14.3 Å². The Morgan fingerprint density at radius 3 is 2.76 bits per heavy atom. The molecule has 1 heterocycles. The second-order valence-corrected chi connectivity index (χ2v) is 4.66. The molecule has 0 unspecified atom stereocenters. The molecule has 1 aliphatic carbocycles. The van der Waals surface area contributed by atoms with Crippen molar-refractivity contribution in [2.75, 3.05) is 6.79 Å². The minimum Gasteiger partial charge on any atom is -0.454 e. The first-order valence-electron chi connectivity index (χ1n) is 5.67. The SMILES string of the molecule is Cc1cc2c(c(C3(N=C=O)CC3)c1C)OCO2. The first kappa shape index (κ1) is 10.4. The zero-order valence-electron chi connectivity index (χ0n) is 9.87. The van der Waals surface area contributed by atoms with E-state index in [0.717, 1.165) is 41.0 Å². The molecule has 1 aromatic rings. The molecule has 1 aliphatic heterocycles. The van der Waals surface area contributed by atoms with Gasteiger partial charge in [0.2, 0.25) is 12.9 Å². The van der Waals surface area contributed by atoms with Crippen molar-refractivity contribution >= 4 is 6.08 Å². The van der Waals surface area contributed by atoms with Crippen LogP contribution in [-0.2, 0) is 10.3 Å². The predicted molar refractivity (Wildman–Crippen MR) is 61.1 cm³/mol. The molecule has 2 aliphatic rings. The average molecular weight is 231 g/mol. The summed E-state index contributed by atoms with van der Waals surface area (Å²) in [4.78, 5) is 14.5. The highest BCUT2D eigenvalue weighted by Crippen LogP contribution is 2.56. The number of ether oxygens (including phenoxy) is 2. The lowest BCUT2D eigenvalue weighted by atomic mass is 9.94. The molecular formula is C13H13NO3. The maximum Gasteiger partial charge on any atom is 0.235 e. The Hall–Kier alpha value is -1.80. The van der Waals surface area contributed by atoms with Gasteiger partial charge >= 0.3 is 0 Å². The molecule has 17 heavy (non-hydrogen) atoms. The molecule has 0 spiro atoms. The molecule has 0 aromatic heterocycles. The van der Waals surface area contributed by atoms with Gasteiger partial charge < -0.3 is 9.47 Å². The molecule has 0 N–H and O–H groups in total. The molecule has 1 aromatic carbocycles. The lowest BCUT2D eigenvalue weighted by Gasteiger charge is -2.16. The number of fused-ring (bicyclic) bond motifs is 1. The van der Waals surface area contributed by atoms with Crippen LogP contribution in [0.3, 0.4) is 0 Å². The first-order valence-corrected chi connectivity index (χ1v) is 5.67. The van der Waals surface area contributed by atoms with Crippen LogP contribution in [0.15, 0.2) is 11.1 Å². The summed E-state index contributed by atoms with van der Waals surface area (Å²) < 4.78 is 10.9. The Morgan fingerprint density at radius 2 is 2.12 bits per heavy atom. The highest BCUT2D eigenvalue weighted by molar-refractivity contribution is 5.60. The highest BCUT2D eigenvalue weighted by atomic mass is 16.7. The fraction of sp³-hybridized carbons (Fsp3) is 0.462. The van der Waals surface area contributed by atoms with E-state index < -0.39 is 5.54 Å². The molecule has 0 bridgehead atoms. The summed E-state index contributed by atoms with van der Waals surface area (Å²) >= 11 is 0. The van der Waals surface area contributed by atoms with Gasteiger partial charge in [-0.3, -0.25) is 0 Å². The van der Waals surface area contributed by atoms with E-state index in [9.17, 15) is 4.79 Å². The van der Waals surface area contributed by atoms with Gasteiger partial charge in [0.15, 0.2) is 11.5 Å². The van der Waals surface area contributed by atoms with Gasteiger partial charge in [-0.1, -0.05) is 0 Å². The largest absolute Gasteiger partial charge is 0.454 e. The third-order valence-electron chi connectivity index (χ3n) is 3.63. The number of hydrogen-bond donors (Lipinski definition) is 0. The molecular weight excluding hydrogens is 218 g/mol. The van der Waals surface area contributed by atoms with E-state index in [0.29, 0.717) is 0 Å². The summed E-state index contributed by atoms with van der Waals surface area (Å²) in [5.41, 5.74) is 2.87. The predicted octanol–water partition coefficient (Wildman–Crippen LogP) is 2.36. The Kier molecular flexibility index (Phi) is 2.04.